The van der Waals surface area contributed by atoms with Crippen molar-refractivity contribution in [3.05, 3.63) is 108 Å². The largest absolute Gasteiger partial charge is 0.323 e. The number of benzene rings is 3. The van der Waals surface area contributed by atoms with Gasteiger partial charge in [0, 0.05) is 51.9 Å². The summed E-state index contributed by atoms with van der Waals surface area (Å²) in [5.74, 6) is -4.00. The van der Waals surface area contributed by atoms with Crippen molar-refractivity contribution in [2.45, 2.75) is 0 Å². The fraction of sp³-hybridized carbons (Fsp3) is 0. The zero-order valence-electron chi connectivity index (χ0n) is 18.4. The third-order valence-electron chi connectivity index (χ3n) is 5.39. The van der Waals surface area contributed by atoms with Crippen LogP contribution in [0, 0.1) is 17.5 Å². The summed E-state index contributed by atoms with van der Waals surface area (Å²) in [5.41, 5.74) is 1.71. The van der Waals surface area contributed by atoms with Gasteiger partial charge in [-0.1, -0.05) is 6.07 Å². The van der Waals surface area contributed by atoms with Gasteiger partial charge in [-0.3, -0.25) is 14.9 Å². The first-order chi connectivity index (χ1) is 17.4. The number of aromatic amines is 1. The number of ketones is 1. The number of aromatic nitrogens is 3. The van der Waals surface area contributed by atoms with Crippen LogP contribution in [-0.4, -0.2) is 27.0 Å². The number of anilines is 2. The smallest absolute Gasteiger partial charge is 0.308 e. The molecule has 0 fully saturated rings. The van der Waals surface area contributed by atoms with E-state index in [-0.39, 0.29) is 16.9 Å². The molecule has 2 aromatic heterocycles. The molecule has 0 atom stereocenters. The van der Waals surface area contributed by atoms with E-state index in [1.54, 1.807) is 30.7 Å². The molecule has 2 amide bonds. The highest BCUT2D eigenvalue weighted by molar-refractivity contribution is 6.11. The molecular weight excluding hydrogens is 471 g/mol. The average molecular weight is 487 g/mol. The lowest BCUT2D eigenvalue weighted by Gasteiger charge is -2.11. The second-order valence-corrected chi connectivity index (χ2v) is 7.86. The van der Waals surface area contributed by atoms with Gasteiger partial charge in [0.1, 0.15) is 5.82 Å². The van der Waals surface area contributed by atoms with Gasteiger partial charge in [-0.25, -0.2) is 18.0 Å². The maximum absolute atomic E-state index is 14.6. The van der Waals surface area contributed by atoms with Crippen LogP contribution >= 0.6 is 0 Å². The van der Waals surface area contributed by atoms with Gasteiger partial charge in [0.05, 0.1) is 17.3 Å². The second-order valence-electron chi connectivity index (χ2n) is 7.86. The van der Waals surface area contributed by atoms with Gasteiger partial charge in [0.25, 0.3) is 0 Å². The second kappa shape index (κ2) is 9.34. The van der Waals surface area contributed by atoms with Crippen molar-refractivity contribution in [3.8, 4) is 11.1 Å². The molecule has 0 aliphatic carbocycles. The van der Waals surface area contributed by atoms with Crippen molar-refractivity contribution < 1.29 is 22.8 Å². The summed E-state index contributed by atoms with van der Waals surface area (Å²) in [7, 11) is 0. The molecule has 10 heteroatoms. The summed E-state index contributed by atoms with van der Waals surface area (Å²) in [6, 6.07) is 12.5. The standard InChI is InChI=1S/C26H16F3N5O2/c27-18-2-1-3-19(8-18)33-26(36)34-20-9-21(24(29)22(28)10-20)25(35)14-4-5-23-15(6-14)7-16(11-30-23)17-12-31-32-13-17/h1-13H,(H,31,32)(H2,33,34,36). The number of amides is 2. The Labute approximate surface area is 202 Å². The van der Waals surface area contributed by atoms with E-state index < -0.39 is 34.8 Å². The molecule has 5 aromatic rings. The van der Waals surface area contributed by atoms with Crippen LogP contribution < -0.4 is 10.6 Å². The number of carbonyl (C=O) groups excluding carboxylic acids is 2. The van der Waals surface area contributed by atoms with Crippen LogP contribution in [0.15, 0.2) is 79.3 Å². The van der Waals surface area contributed by atoms with Crippen LogP contribution in [0.25, 0.3) is 22.0 Å². The summed E-state index contributed by atoms with van der Waals surface area (Å²) < 4.78 is 42.3. The lowest BCUT2D eigenvalue weighted by atomic mass is 9.99. The predicted octanol–water partition coefficient (Wildman–Crippen LogP) is 5.92. The predicted molar refractivity (Wildman–Crippen MR) is 128 cm³/mol. The normalized spacial score (nSPS) is 10.9. The van der Waals surface area contributed by atoms with Gasteiger partial charge in [0.15, 0.2) is 17.4 Å². The number of nitrogens with zero attached hydrogens (tertiary/aromatic N) is 2. The molecule has 5 rings (SSSR count). The molecule has 0 bridgehead atoms. The van der Waals surface area contributed by atoms with Crippen LogP contribution in [-0.2, 0) is 0 Å². The molecule has 0 spiro atoms. The Kier molecular flexibility index (Phi) is 5.91. The first kappa shape index (κ1) is 22.8. The van der Waals surface area contributed by atoms with Gasteiger partial charge >= 0.3 is 6.03 Å². The quantitative estimate of drug-likeness (QED) is 0.268. The maximum atomic E-state index is 14.6. The third-order valence-corrected chi connectivity index (χ3v) is 5.39. The molecule has 7 nitrogen and oxygen atoms in total. The van der Waals surface area contributed by atoms with Gasteiger partial charge in [-0.05, 0) is 48.5 Å². The lowest BCUT2D eigenvalue weighted by molar-refractivity contribution is 0.103. The molecule has 0 unspecified atom stereocenters. The molecule has 3 aromatic carbocycles. The zero-order chi connectivity index (χ0) is 25.2. The highest BCUT2D eigenvalue weighted by Gasteiger charge is 2.20. The van der Waals surface area contributed by atoms with Crippen molar-refractivity contribution in [1.82, 2.24) is 15.2 Å². The van der Waals surface area contributed by atoms with Crippen LogP contribution in [0.5, 0.6) is 0 Å². The summed E-state index contributed by atoms with van der Waals surface area (Å²) in [6.07, 6.45) is 4.98. The minimum atomic E-state index is -1.35. The van der Waals surface area contributed by atoms with Crippen molar-refractivity contribution in [2.24, 2.45) is 0 Å². The average Bonchev–Trinajstić information content (AvgIpc) is 3.40. The van der Waals surface area contributed by atoms with E-state index in [4.69, 9.17) is 0 Å². The van der Waals surface area contributed by atoms with E-state index >= 15 is 0 Å². The minimum absolute atomic E-state index is 0.105. The molecule has 3 N–H and O–H groups in total. The number of nitrogens with one attached hydrogen (secondary N) is 3. The molecule has 0 saturated carbocycles. The summed E-state index contributed by atoms with van der Waals surface area (Å²) in [4.78, 5) is 29.8. The molecule has 178 valence electrons. The SMILES string of the molecule is O=C(Nc1cccc(F)c1)Nc1cc(F)c(F)c(C(=O)c2ccc3ncc(-c4cn[nH]c4)cc3c2)c1. The van der Waals surface area contributed by atoms with Crippen molar-refractivity contribution in [2.75, 3.05) is 10.6 Å². The molecule has 0 aliphatic heterocycles. The van der Waals surface area contributed by atoms with Gasteiger partial charge in [-0.2, -0.15) is 5.10 Å². The van der Waals surface area contributed by atoms with Crippen molar-refractivity contribution in [1.29, 1.82) is 0 Å². The van der Waals surface area contributed by atoms with E-state index in [2.05, 4.69) is 25.8 Å². The van der Waals surface area contributed by atoms with Crippen LogP contribution in [0.1, 0.15) is 15.9 Å². The van der Waals surface area contributed by atoms with Crippen LogP contribution in [0.3, 0.4) is 0 Å². The highest BCUT2D eigenvalue weighted by Crippen LogP contribution is 2.26. The fourth-order valence-corrected chi connectivity index (χ4v) is 3.68. The van der Waals surface area contributed by atoms with E-state index in [1.165, 1.54) is 30.3 Å². The number of urea groups is 1. The number of halogens is 3. The molecule has 36 heavy (non-hydrogen) atoms. The summed E-state index contributed by atoms with van der Waals surface area (Å²) >= 11 is 0. The molecular formula is C26H16F3N5O2. The number of fused-ring (bicyclic) bond motifs is 1. The van der Waals surface area contributed by atoms with E-state index in [0.29, 0.717) is 10.9 Å². The first-order valence-electron chi connectivity index (χ1n) is 10.6. The van der Waals surface area contributed by atoms with Gasteiger partial charge < -0.3 is 10.6 Å². The Morgan fingerprint density at radius 3 is 2.44 bits per heavy atom. The Morgan fingerprint density at radius 2 is 1.67 bits per heavy atom. The molecule has 2 heterocycles. The number of H-pyrrole nitrogens is 1. The lowest BCUT2D eigenvalue weighted by Crippen LogP contribution is -2.20. The maximum Gasteiger partial charge on any atom is 0.323 e. The number of pyridine rings is 1. The minimum Gasteiger partial charge on any atom is -0.308 e. The van der Waals surface area contributed by atoms with E-state index in [1.807, 2.05) is 0 Å². The molecule has 0 radical (unpaired) electrons. The Hall–Kier alpha value is -4.99. The van der Waals surface area contributed by atoms with Crippen molar-refractivity contribution >= 4 is 34.1 Å². The van der Waals surface area contributed by atoms with Crippen LogP contribution in [0.4, 0.5) is 29.3 Å². The molecule has 0 aliphatic rings. The summed E-state index contributed by atoms with van der Waals surface area (Å²) in [5, 5.41) is 11.9. The van der Waals surface area contributed by atoms with E-state index in [9.17, 15) is 22.8 Å². The third kappa shape index (κ3) is 4.64. The number of hydrogen-bond donors (Lipinski definition) is 3. The van der Waals surface area contributed by atoms with Gasteiger partial charge in [0.2, 0.25) is 0 Å². The van der Waals surface area contributed by atoms with Crippen molar-refractivity contribution in [3.63, 3.8) is 0 Å². The first-order valence-corrected chi connectivity index (χ1v) is 10.6. The summed E-state index contributed by atoms with van der Waals surface area (Å²) in [6.45, 7) is 0. The topological polar surface area (TPSA) is 99.8 Å². The fourth-order valence-electron chi connectivity index (χ4n) is 3.68. The Bertz CT molecular complexity index is 1620. The van der Waals surface area contributed by atoms with E-state index in [0.717, 1.165) is 29.3 Å². The Morgan fingerprint density at radius 1 is 0.833 bits per heavy atom. The highest BCUT2D eigenvalue weighted by atomic mass is 19.2. The number of rotatable bonds is 5. The Balaban J connectivity index is 1.43. The zero-order valence-corrected chi connectivity index (χ0v) is 18.4. The van der Waals surface area contributed by atoms with Crippen LogP contribution in [0.2, 0.25) is 0 Å². The number of carbonyl (C=O) groups is 2. The number of hydrogen-bond acceptors (Lipinski definition) is 4. The van der Waals surface area contributed by atoms with Gasteiger partial charge in [-0.15, -0.1) is 0 Å². The molecule has 0 saturated heterocycles. The monoisotopic (exact) mass is 487 g/mol.